The highest BCUT2D eigenvalue weighted by atomic mass is 35.5. The van der Waals surface area contributed by atoms with Gasteiger partial charge in [-0.25, -0.2) is 4.79 Å². The van der Waals surface area contributed by atoms with Crippen molar-refractivity contribution in [3.8, 4) is 5.75 Å². The van der Waals surface area contributed by atoms with Crippen molar-refractivity contribution in [2.45, 2.75) is 18.4 Å². The van der Waals surface area contributed by atoms with E-state index in [1.165, 1.54) is 5.56 Å². The second kappa shape index (κ2) is 8.89. The van der Waals surface area contributed by atoms with E-state index >= 15 is 0 Å². The van der Waals surface area contributed by atoms with Crippen LogP contribution in [-0.4, -0.2) is 6.09 Å². The molecule has 0 radical (unpaired) electrons. The van der Waals surface area contributed by atoms with E-state index in [0.717, 1.165) is 23.2 Å². The Balaban J connectivity index is 1.65. The number of benzene rings is 4. The molecule has 32 heavy (non-hydrogen) atoms. The van der Waals surface area contributed by atoms with Crippen molar-refractivity contribution < 1.29 is 9.53 Å². The van der Waals surface area contributed by atoms with E-state index in [1.54, 1.807) is 17.0 Å². The molecule has 1 aliphatic heterocycles. The molecule has 0 saturated heterocycles. The summed E-state index contributed by atoms with van der Waals surface area (Å²) in [5, 5.41) is 0.666. The lowest BCUT2D eigenvalue weighted by Gasteiger charge is -2.42. The van der Waals surface area contributed by atoms with Crippen LogP contribution in [0.1, 0.15) is 28.7 Å². The molecule has 2 atom stereocenters. The van der Waals surface area contributed by atoms with Crippen LogP contribution in [0, 0.1) is 0 Å². The molecular weight excluding hydrogens is 418 g/mol. The first kappa shape index (κ1) is 20.3. The normalized spacial score (nSPS) is 17.5. The summed E-state index contributed by atoms with van der Waals surface area (Å²) in [6.07, 6.45) is 0.423. The third-order valence-corrected chi connectivity index (χ3v) is 6.19. The number of hydrogen-bond acceptors (Lipinski definition) is 2. The fourth-order valence-corrected chi connectivity index (χ4v) is 4.61. The minimum absolute atomic E-state index is 0.0654. The smallest absolute Gasteiger partial charge is 0.410 e. The van der Waals surface area contributed by atoms with E-state index in [9.17, 15) is 4.79 Å². The van der Waals surface area contributed by atoms with Crippen LogP contribution in [0.4, 0.5) is 10.5 Å². The van der Waals surface area contributed by atoms with Crippen molar-refractivity contribution in [1.29, 1.82) is 0 Å². The summed E-state index contributed by atoms with van der Waals surface area (Å²) >= 11 is 6.19. The topological polar surface area (TPSA) is 29.5 Å². The molecule has 0 spiro atoms. The molecule has 0 fully saturated rings. The summed E-state index contributed by atoms with van der Waals surface area (Å²) in [5.41, 5.74) is 4.19. The zero-order chi connectivity index (χ0) is 21.9. The van der Waals surface area contributed by atoms with Crippen LogP contribution < -0.4 is 9.64 Å². The summed E-state index contributed by atoms with van der Waals surface area (Å²) in [7, 11) is 0. The number of carbonyl (C=O) groups excluding carboxylic acids is 1. The van der Waals surface area contributed by atoms with Gasteiger partial charge in [0.15, 0.2) is 0 Å². The first-order chi connectivity index (χ1) is 15.7. The lowest BCUT2D eigenvalue weighted by atomic mass is 9.78. The Morgan fingerprint density at radius 2 is 1.38 bits per heavy atom. The first-order valence-electron chi connectivity index (χ1n) is 10.6. The number of hydrogen-bond donors (Lipinski definition) is 0. The number of anilines is 1. The number of ether oxygens (including phenoxy) is 1. The molecule has 0 N–H and O–H groups in total. The van der Waals surface area contributed by atoms with Gasteiger partial charge in [-0.05, 0) is 53.4 Å². The molecule has 1 amide bonds. The van der Waals surface area contributed by atoms with E-state index in [0.29, 0.717) is 10.8 Å². The molecule has 0 aromatic heterocycles. The van der Waals surface area contributed by atoms with Gasteiger partial charge in [0.2, 0.25) is 0 Å². The quantitative estimate of drug-likeness (QED) is 0.332. The number of para-hydroxylation sites is 2. The summed E-state index contributed by atoms with van der Waals surface area (Å²) < 4.78 is 5.83. The number of fused-ring (bicyclic) bond motifs is 1. The molecule has 0 saturated carbocycles. The van der Waals surface area contributed by atoms with E-state index in [4.69, 9.17) is 16.3 Å². The molecule has 0 bridgehead atoms. The Morgan fingerprint density at radius 3 is 2.09 bits per heavy atom. The van der Waals surface area contributed by atoms with Gasteiger partial charge < -0.3 is 4.74 Å². The summed E-state index contributed by atoms with van der Waals surface area (Å²) in [5.74, 6) is 0.585. The Bertz CT molecular complexity index is 1210. The molecular formula is C28H22ClNO2. The van der Waals surface area contributed by atoms with E-state index < -0.39 is 6.09 Å². The van der Waals surface area contributed by atoms with Gasteiger partial charge in [0, 0.05) is 10.9 Å². The molecule has 5 rings (SSSR count). The summed E-state index contributed by atoms with van der Waals surface area (Å²) in [6, 6.07) is 35.1. The Hall–Kier alpha value is -3.56. The molecule has 1 aliphatic rings. The molecule has 1 heterocycles. The number of amides is 1. The van der Waals surface area contributed by atoms with Crippen molar-refractivity contribution in [3.05, 3.63) is 131 Å². The van der Waals surface area contributed by atoms with Gasteiger partial charge in [-0.15, -0.1) is 0 Å². The van der Waals surface area contributed by atoms with Crippen molar-refractivity contribution in [2.24, 2.45) is 0 Å². The fourth-order valence-electron chi connectivity index (χ4n) is 4.49. The van der Waals surface area contributed by atoms with Gasteiger partial charge in [0.1, 0.15) is 5.75 Å². The van der Waals surface area contributed by atoms with Crippen LogP contribution in [0.3, 0.4) is 0 Å². The zero-order valence-corrected chi connectivity index (χ0v) is 18.2. The average molecular weight is 440 g/mol. The molecule has 4 aromatic rings. The first-order valence-corrected chi connectivity index (χ1v) is 11.0. The SMILES string of the molecule is O=C(Oc1ccccc1)N1c2ccccc2C[C@H](c2ccccc2)[C@H]1c1ccc(Cl)cc1. The maximum Gasteiger partial charge on any atom is 0.420 e. The molecule has 0 aliphatic carbocycles. The Morgan fingerprint density at radius 1 is 0.750 bits per heavy atom. The van der Waals surface area contributed by atoms with Crippen LogP contribution in [0.15, 0.2) is 109 Å². The number of carbonyl (C=O) groups is 1. The van der Waals surface area contributed by atoms with Crippen LogP contribution >= 0.6 is 11.6 Å². The minimum atomic E-state index is -0.399. The highest BCUT2D eigenvalue weighted by molar-refractivity contribution is 6.30. The highest BCUT2D eigenvalue weighted by Crippen LogP contribution is 2.47. The van der Waals surface area contributed by atoms with Crippen molar-refractivity contribution >= 4 is 23.4 Å². The Labute approximate surface area is 192 Å². The molecule has 0 unspecified atom stereocenters. The number of rotatable bonds is 3. The van der Waals surface area contributed by atoms with Gasteiger partial charge in [-0.2, -0.15) is 0 Å². The molecule has 4 aromatic carbocycles. The van der Waals surface area contributed by atoms with Gasteiger partial charge in [-0.1, -0.05) is 90.5 Å². The summed E-state index contributed by atoms with van der Waals surface area (Å²) in [4.78, 5) is 15.4. The number of nitrogens with zero attached hydrogens (tertiary/aromatic N) is 1. The third kappa shape index (κ3) is 4.00. The van der Waals surface area contributed by atoms with Gasteiger partial charge in [0.05, 0.1) is 11.7 Å². The lowest BCUT2D eigenvalue weighted by molar-refractivity contribution is 0.202. The van der Waals surface area contributed by atoms with Crippen LogP contribution in [0.5, 0.6) is 5.75 Å². The third-order valence-electron chi connectivity index (χ3n) is 5.93. The van der Waals surface area contributed by atoms with Crippen molar-refractivity contribution in [3.63, 3.8) is 0 Å². The van der Waals surface area contributed by atoms with Gasteiger partial charge in [0.25, 0.3) is 0 Å². The van der Waals surface area contributed by atoms with Crippen LogP contribution in [0.25, 0.3) is 0 Å². The van der Waals surface area contributed by atoms with Crippen molar-refractivity contribution in [2.75, 3.05) is 4.90 Å². The molecule has 3 nitrogen and oxygen atoms in total. The molecule has 158 valence electrons. The van der Waals surface area contributed by atoms with E-state index in [2.05, 4.69) is 18.2 Å². The fraction of sp³-hybridized carbons (Fsp3) is 0.107. The zero-order valence-electron chi connectivity index (χ0n) is 17.4. The van der Waals surface area contributed by atoms with Gasteiger partial charge >= 0.3 is 6.09 Å². The standard InChI is InChI=1S/C28H22ClNO2/c29-23-17-15-21(16-18-23)27-25(20-9-3-1-4-10-20)19-22-11-7-8-14-26(22)30(27)28(31)32-24-12-5-2-6-13-24/h1-18,25,27H,19H2/t25-,27-/m1/s1. The minimum Gasteiger partial charge on any atom is -0.410 e. The molecule has 4 heteroatoms. The predicted octanol–water partition coefficient (Wildman–Crippen LogP) is 7.43. The second-order valence-electron chi connectivity index (χ2n) is 7.90. The van der Waals surface area contributed by atoms with Crippen molar-refractivity contribution in [1.82, 2.24) is 0 Å². The average Bonchev–Trinajstić information content (AvgIpc) is 2.84. The monoisotopic (exact) mass is 439 g/mol. The van der Waals surface area contributed by atoms with Gasteiger partial charge in [-0.3, -0.25) is 4.90 Å². The largest absolute Gasteiger partial charge is 0.420 e. The number of halogens is 1. The van der Waals surface area contributed by atoms with Crippen LogP contribution in [0.2, 0.25) is 5.02 Å². The lowest BCUT2D eigenvalue weighted by Crippen LogP contribution is -2.43. The second-order valence-corrected chi connectivity index (χ2v) is 8.33. The van der Waals surface area contributed by atoms with E-state index in [-0.39, 0.29) is 12.0 Å². The summed E-state index contributed by atoms with van der Waals surface area (Å²) in [6.45, 7) is 0. The highest BCUT2D eigenvalue weighted by Gasteiger charge is 2.40. The van der Waals surface area contributed by atoms with Crippen LogP contribution in [-0.2, 0) is 6.42 Å². The Kier molecular flexibility index (Phi) is 5.66. The predicted molar refractivity (Wildman–Crippen MR) is 128 cm³/mol. The maximum atomic E-state index is 13.6. The van der Waals surface area contributed by atoms with E-state index in [1.807, 2.05) is 78.9 Å². The maximum absolute atomic E-state index is 13.6.